The molecular formula is C16H26N2O. The van der Waals surface area contributed by atoms with E-state index in [-0.39, 0.29) is 12.6 Å². The lowest BCUT2D eigenvalue weighted by atomic mass is 9.93. The molecule has 1 heterocycles. The van der Waals surface area contributed by atoms with Crippen LogP contribution in [0, 0.1) is 6.92 Å². The zero-order chi connectivity index (χ0) is 13.7. The summed E-state index contributed by atoms with van der Waals surface area (Å²) in [5.74, 6) is 0. The van der Waals surface area contributed by atoms with Crippen molar-refractivity contribution >= 4 is 0 Å². The Hall–Kier alpha value is -0.900. The van der Waals surface area contributed by atoms with E-state index in [1.165, 1.54) is 30.4 Å². The van der Waals surface area contributed by atoms with Gasteiger partial charge in [0.1, 0.15) is 0 Å². The van der Waals surface area contributed by atoms with Crippen molar-refractivity contribution in [3.8, 4) is 0 Å². The Balaban J connectivity index is 2.22. The molecule has 2 unspecified atom stereocenters. The van der Waals surface area contributed by atoms with Crippen molar-refractivity contribution in [1.29, 1.82) is 0 Å². The highest BCUT2D eigenvalue weighted by molar-refractivity contribution is 5.29. The van der Waals surface area contributed by atoms with Crippen LogP contribution in [-0.4, -0.2) is 35.7 Å². The van der Waals surface area contributed by atoms with E-state index in [1.54, 1.807) is 0 Å². The van der Waals surface area contributed by atoms with Crippen molar-refractivity contribution in [1.82, 2.24) is 4.90 Å². The first-order valence-electron chi connectivity index (χ1n) is 7.40. The predicted octanol–water partition coefficient (Wildman–Crippen LogP) is 2.23. The van der Waals surface area contributed by atoms with E-state index >= 15 is 0 Å². The zero-order valence-electron chi connectivity index (χ0n) is 11.9. The van der Waals surface area contributed by atoms with Crippen LogP contribution in [0.15, 0.2) is 24.3 Å². The van der Waals surface area contributed by atoms with Crippen LogP contribution >= 0.6 is 0 Å². The number of aliphatic hydroxyl groups excluding tert-OH is 1. The largest absolute Gasteiger partial charge is 0.396 e. The van der Waals surface area contributed by atoms with E-state index in [0.717, 1.165) is 13.0 Å². The first-order chi connectivity index (χ1) is 9.27. The number of benzene rings is 1. The summed E-state index contributed by atoms with van der Waals surface area (Å²) in [6.07, 6.45) is 4.56. The molecule has 0 radical (unpaired) electrons. The van der Waals surface area contributed by atoms with Gasteiger partial charge in [-0.25, -0.2) is 0 Å². The van der Waals surface area contributed by atoms with Crippen molar-refractivity contribution in [2.24, 2.45) is 5.73 Å². The maximum Gasteiger partial charge on any atom is 0.0476 e. The third kappa shape index (κ3) is 3.35. The molecule has 19 heavy (non-hydrogen) atoms. The van der Waals surface area contributed by atoms with Crippen LogP contribution in [0.25, 0.3) is 0 Å². The van der Waals surface area contributed by atoms with Gasteiger partial charge in [0.25, 0.3) is 0 Å². The van der Waals surface area contributed by atoms with Crippen LogP contribution in [0.5, 0.6) is 0 Å². The molecule has 1 aromatic carbocycles. The minimum Gasteiger partial charge on any atom is -0.396 e. The number of aryl methyl sites for hydroxylation is 1. The molecule has 106 valence electrons. The van der Waals surface area contributed by atoms with E-state index < -0.39 is 0 Å². The highest BCUT2D eigenvalue weighted by Gasteiger charge is 2.29. The summed E-state index contributed by atoms with van der Waals surface area (Å²) < 4.78 is 0. The average molecular weight is 262 g/mol. The Morgan fingerprint density at radius 1 is 1.37 bits per heavy atom. The number of hydrogen-bond donors (Lipinski definition) is 2. The number of likely N-dealkylation sites (tertiary alicyclic amines) is 1. The molecule has 1 aromatic rings. The second-order valence-corrected chi connectivity index (χ2v) is 5.51. The van der Waals surface area contributed by atoms with Crippen molar-refractivity contribution in [2.45, 2.75) is 44.7 Å². The molecule has 0 amide bonds. The van der Waals surface area contributed by atoms with Gasteiger partial charge in [0, 0.05) is 25.2 Å². The fourth-order valence-corrected chi connectivity index (χ4v) is 3.29. The summed E-state index contributed by atoms with van der Waals surface area (Å²) in [6.45, 7) is 4.17. The zero-order valence-corrected chi connectivity index (χ0v) is 11.9. The summed E-state index contributed by atoms with van der Waals surface area (Å²) in [6, 6.07) is 9.29. The normalized spacial score (nSPS) is 22.4. The third-order valence-electron chi connectivity index (χ3n) is 4.31. The van der Waals surface area contributed by atoms with Gasteiger partial charge >= 0.3 is 0 Å². The Kier molecular flexibility index (Phi) is 5.37. The second-order valence-electron chi connectivity index (χ2n) is 5.51. The van der Waals surface area contributed by atoms with Gasteiger partial charge in [0.15, 0.2) is 0 Å². The van der Waals surface area contributed by atoms with Gasteiger partial charge in [0.05, 0.1) is 0 Å². The van der Waals surface area contributed by atoms with E-state index in [0.29, 0.717) is 12.6 Å². The molecule has 2 atom stereocenters. The molecule has 2 rings (SSSR count). The lowest BCUT2D eigenvalue weighted by Gasteiger charge is -2.41. The molecule has 0 aromatic heterocycles. The molecule has 0 bridgehead atoms. The van der Waals surface area contributed by atoms with E-state index in [2.05, 4.69) is 36.1 Å². The topological polar surface area (TPSA) is 49.5 Å². The third-order valence-corrected chi connectivity index (χ3v) is 4.31. The molecule has 3 N–H and O–H groups in total. The number of nitrogens with zero attached hydrogens (tertiary/aromatic N) is 1. The first-order valence-corrected chi connectivity index (χ1v) is 7.40. The van der Waals surface area contributed by atoms with Crippen molar-refractivity contribution in [2.75, 3.05) is 19.7 Å². The molecule has 1 aliphatic heterocycles. The molecule has 0 spiro atoms. The number of hydrogen-bond acceptors (Lipinski definition) is 3. The fraction of sp³-hybridized carbons (Fsp3) is 0.625. The van der Waals surface area contributed by atoms with Gasteiger partial charge < -0.3 is 10.8 Å². The maximum absolute atomic E-state index is 9.26. The van der Waals surface area contributed by atoms with Gasteiger partial charge in [-0.05, 0) is 43.9 Å². The summed E-state index contributed by atoms with van der Waals surface area (Å²) >= 11 is 0. The molecule has 0 aliphatic carbocycles. The van der Waals surface area contributed by atoms with Crippen molar-refractivity contribution in [3.05, 3.63) is 35.4 Å². The van der Waals surface area contributed by atoms with Crippen LogP contribution in [-0.2, 0) is 0 Å². The molecule has 0 saturated carbocycles. The molecule has 3 nitrogen and oxygen atoms in total. The fourth-order valence-electron chi connectivity index (χ4n) is 3.29. The van der Waals surface area contributed by atoms with Gasteiger partial charge in [-0.3, -0.25) is 4.90 Å². The van der Waals surface area contributed by atoms with E-state index in [9.17, 15) is 5.11 Å². The van der Waals surface area contributed by atoms with Gasteiger partial charge in [-0.1, -0.05) is 30.7 Å². The lowest BCUT2D eigenvalue weighted by Crippen LogP contribution is -2.45. The Labute approximate surface area is 116 Å². The standard InChI is InChI=1S/C16H26N2O/c1-13-6-2-3-8-15(13)16(12-17)18-10-5-4-7-14(18)9-11-19/h2-3,6,8,14,16,19H,4-5,7,9-12,17H2,1H3. The molecule has 1 saturated heterocycles. The Bertz CT molecular complexity index is 392. The second kappa shape index (κ2) is 7.04. The smallest absolute Gasteiger partial charge is 0.0476 e. The first kappa shape index (κ1) is 14.5. The highest BCUT2D eigenvalue weighted by Crippen LogP contribution is 2.30. The lowest BCUT2D eigenvalue weighted by molar-refractivity contribution is 0.0780. The molecule has 1 aliphatic rings. The van der Waals surface area contributed by atoms with E-state index in [4.69, 9.17) is 5.73 Å². The average Bonchev–Trinajstić information content (AvgIpc) is 2.44. The summed E-state index contributed by atoms with van der Waals surface area (Å²) in [7, 11) is 0. The number of aliphatic hydroxyl groups is 1. The number of nitrogens with two attached hydrogens (primary N) is 1. The van der Waals surface area contributed by atoms with Gasteiger partial charge in [-0.15, -0.1) is 0 Å². The quantitative estimate of drug-likeness (QED) is 0.855. The maximum atomic E-state index is 9.26. The Morgan fingerprint density at radius 2 is 2.16 bits per heavy atom. The van der Waals surface area contributed by atoms with Crippen LogP contribution in [0.3, 0.4) is 0 Å². The predicted molar refractivity (Wildman–Crippen MR) is 79.0 cm³/mol. The van der Waals surface area contributed by atoms with Gasteiger partial charge in [0.2, 0.25) is 0 Å². The minimum absolute atomic E-state index is 0.270. The van der Waals surface area contributed by atoms with Crippen LogP contribution < -0.4 is 5.73 Å². The van der Waals surface area contributed by atoms with Crippen LogP contribution in [0.2, 0.25) is 0 Å². The summed E-state index contributed by atoms with van der Waals surface area (Å²) in [4.78, 5) is 2.52. The number of rotatable bonds is 5. The van der Waals surface area contributed by atoms with E-state index in [1.807, 2.05) is 0 Å². The molecular weight excluding hydrogens is 236 g/mol. The molecule has 1 fully saturated rings. The SMILES string of the molecule is Cc1ccccc1C(CN)N1CCCCC1CCO. The molecule has 3 heteroatoms. The number of piperidine rings is 1. The Morgan fingerprint density at radius 3 is 2.84 bits per heavy atom. The van der Waals surface area contributed by atoms with Crippen molar-refractivity contribution < 1.29 is 5.11 Å². The van der Waals surface area contributed by atoms with Gasteiger partial charge in [-0.2, -0.15) is 0 Å². The summed E-state index contributed by atoms with van der Waals surface area (Å²) in [5.41, 5.74) is 8.71. The highest BCUT2D eigenvalue weighted by atomic mass is 16.3. The monoisotopic (exact) mass is 262 g/mol. The summed E-state index contributed by atoms with van der Waals surface area (Å²) in [5, 5.41) is 9.26. The van der Waals surface area contributed by atoms with Crippen LogP contribution in [0.1, 0.15) is 42.9 Å². The van der Waals surface area contributed by atoms with Crippen LogP contribution in [0.4, 0.5) is 0 Å². The van der Waals surface area contributed by atoms with Crippen molar-refractivity contribution in [3.63, 3.8) is 0 Å². The minimum atomic E-state index is 0.270.